The maximum atomic E-state index is 12.8. The van der Waals surface area contributed by atoms with Gasteiger partial charge in [-0.25, -0.2) is 4.68 Å². The number of phenols is 1. The summed E-state index contributed by atoms with van der Waals surface area (Å²) in [4.78, 5) is 12.8. The number of fused-ring (bicyclic) bond motifs is 1. The van der Waals surface area contributed by atoms with E-state index in [2.05, 4.69) is 22.3 Å². The topological polar surface area (TPSA) is 82.7 Å². The normalized spacial score (nSPS) is 11.5. The van der Waals surface area contributed by atoms with Crippen molar-refractivity contribution in [3.05, 3.63) is 82.3 Å². The Morgan fingerprint density at radius 1 is 1.00 bits per heavy atom. The SMILES string of the molecule is CCc1ccc(-n2[nH]c(C)c(N=Nc3ccc4ccccc4c3O)c2=O)cc1. The zero-order valence-corrected chi connectivity index (χ0v) is 15.7. The number of phenolic OH excluding ortho intramolecular Hbond substituents is 1. The largest absolute Gasteiger partial charge is 0.505 e. The van der Waals surface area contributed by atoms with Crippen LogP contribution in [0.4, 0.5) is 11.4 Å². The van der Waals surface area contributed by atoms with Gasteiger partial charge in [0, 0.05) is 5.39 Å². The lowest BCUT2D eigenvalue weighted by Crippen LogP contribution is -2.13. The lowest BCUT2D eigenvalue weighted by molar-refractivity contribution is 0.482. The molecule has 0 spiro atoms. The third-order valence-electron chi connectivity index (χ3n) is 4.78. The quantitative estimate of drug-likeness (QED) is 0.476. The standard InChI is InChI=1S/C22H20N4O2/c1-3-15-8-11-17(12-9-15)26-22(28)20(14(2)25-26)24-23-19-13-10-16-6-4-5-7-18(16)21(19)27/h4-13,25,27H,3H2,1-2H3. The van der Waals surface area contributed by atoms with Gasteiger partial charge in [-0.1, -0.05) is 49.4 Å². The van der Waals surface area contributed by atoms with Crippen molar-refractivity contribution in [2.75, 3.05) is 0 Å². The monoisotopic (exact) mass is 372 g/mol. The first kappa shape index (κ1) is 17.7. The van der Waals surface area contributed by atoms with Crippen molar-refractivity contribution in [2.24, 2.45) is 10.2 Å². The minimum absolute atomic E-state index is 0.0468. The Kier molecular flexibility index (Phi) is 4.53. The zero-order chi connectivity index (χ0) is 19.7. The second-order valence-electron chi connectivity index (χ2n) is 6.60. The van der Waals surface area contributed by atoms with E-state index in [0.717, 1.165) is 17.5 Å². The van der Waals surface area contributed by atoms with Gasteiger partial charge in [-0.15, -0.1) is 10.2 Å². The molecule has 0 aliphatic rings. The molecule has 6 nitrogen and oxygen atoms in total. The van der Waals surface area contributed by atoms with Crippen LogP contribution in [0.1, 0.15) is 18.2 Å². The van der Waals surface area contributed by atoms with Crippen LogP contribution >= 0.6 is 0 Å². The molecule has 0 saturated carbocycles. The predicted octanol–water partition coefficient (Wildman–Crippen LogP) is 5.31. The fourth-order valence-corrected chi connectivity index (χ4v) is 3.15. The molecule has 4 aromatic rings. The molecule has 6 heteroatoms. The number of benzene rings is 3. The molecule has 0 aliphatic carbocycles. The first-order valence-corrected chi connectivity index (χ1v) is 9.12. The fourth-order valence-electron chi connectivity index (χ4n) is 3.15. The van der Waals surface area contributed by atoms with E-state index < -0.39 is 0 Å². The minimum Gasteiger partial charge on any atom is -0.505 e. The van der Waals surface area contributed by atoms with Crippen molar-refractivity contribution in [1.82, 2.24) is 9.78 Å². The van der Waals surface area contributed by atoms with Crippen molar-refractivity contribution >= 4 is 22.1 Å². The Morgan fingerprint density at radius 3 is 2.50 bits per heavy atom. The van der Waals surface area contributed by atoms with Gasteiger partial charge in [0.15, 0.2) is 11.4 Å². The van der Waals surface area contributed by atoms with E-state index in [0.29, 0.717) is 16.8 Å². The van der Waals surface area contributed by atoms with Crippen molar-refractivity contribution in [1.29, 1.82) is 0 Å². The summed E-state index contributed by atoms with van der Waals surface area (Å²) < 4.78 is 1.45. The number of azo groups is 1. The minimum atomic E-state index is -0.286. The molecule has 0 saturated heterocycles. The molecular weight excluding hydrogens is 352 g/mol. The first-order chi connectivity index (χ1) is 13.6. The van der Waals surface area contributed by atoms with Gasteiger partial charge in [0.2, 0.25) is 0 Å². The van der Waals surface area contributed by atoms with Gasteiger partial charge in [0.05, 0.1) is 11.4 Å². The molecule has 0 bridgehead atoms. The van der Waals surface area contributed by atoms with E-state index in [1.807, 2.05) is 54.6 Å². The summed E-state index contributed by atoms with van der Waals surface area (Å²) in [6.45, 7) is 3.85. The maximum absolute atomic E-state index is 12.8. The van der Waals surface area contributed by atoms with E-state index in [-0.39, 0.29) is 17.0 Å². The Bertz CT molecular complexity index is 1230. The Labute approximate surface area is 161 Å². The summed E-state index contributed by atoms with van der Waals surface area (Å²) in [5, 5.41) is 23.3. The van der Waals surface area contributed by atoms with Crippen LogP contribution < -0.4 is 5.56 Å². The Balaban J connectivity index is 1.71. The average molecular weight is 372 g/mol. The van der Waals surface area contributed by atoms with Gasteiger partial charge < -0.3 is 5.11 Å². The van der Waals surface area contributed by atoms with E-state index in [1.54, 1.807) is 13.0 Å². The number of hydrogen-bond donors (Lipinski definition) is 2. The van der Waals surface area contributed by atoms with Crippen LogP contribution in [0, 0.1) is 6.92 Å². The number of rotatable bonds is 4. The molecule has 0 aliphatic heterocycles. The fraction of sp³-hybridized carbons (Fsp3) is 0.136. The van der Waals surface area contributed by atoms with Crippen molar-refractivity contribution in [3.63, 3.8) is 0 Å². The summed E-state index contributed by atoms with van der Waals surface area (Å²) in [5.74, 6) is 0.0468. The predicted molar refractivity (Wildman–Crippen MR) is 110 cm³/mol. The highest BCUT2D eigenvalue weighted by atomic mass is 16.3. The number of nitrogens with one attached hydrogen (secondary N) is 1. The van der Waals surface area contributed by atoms with Gasteiger partial charge in [-0.05, 0) is 42.5 Å². The third-order valence-corrected chi connectivity index (χ3v) is 4.78. The van der Waals surface area contributed by atoms with Crippen LogP contribution in [0.3, 0.4) is 0 Å². The number of nitrogens with zero attached hydrogens (tertiary/aromatic N) is 3. The number of aromatic hydroxyl groups is 1. The summed E-state index contributed by atoms with van der Waals surface area (Å²) in [6.07, 6.45) is 0.938. The summed E-state index contributed by atoms with van der Waals surface area (Å²) in [5.41, 5.74) is 2.79. The molecule has 140 valence electrons. The maximum Gasteiger partial charge on any atom is 0.299 e. The Morgan fingerprint density at radius 2 is 1.75 bits per heavy atom. The number of H-pyrrole nitrogens is 1. The third kappa shape index (κ3) is 3.09. The van der Waals surface area contributed by atoms with Crippen molar-refractivity contribution in [2.45, 2.75) is 20.3 Å². The van der Waals surface area contributed by atoms with Crippen LogP contribution in [0.5, 0.6) is 5.75 Å². The highest BCUT2D eigenvalue weighted by Gasteiger charge is 2.13. The molecule has 3 aromatic carbocycles. The van der Waals surface area contributed by atoms with Crippen molar-refractivity contribution in [3.8, 4) is 11.4 Å². The van der Waals surface area contributed by atoms with E-state index in [1.165, 1.54) is 10.2 Å². The van der Waals surface area contributed by atoms with Gasteiger partial charge in [-0.2, -0.15) is 0 Å². The average Bonchev–Trinajstić information content (AvgIpc) is 3.01. The van der Waals surface area contributed by atoms with Gasteiger partial charge in [0.25, 0.3) is 5.56 Å². The molecule has 2 N–H and O–H groups in total. The highest BCUT2D eigenvalue weighted by molar-refractivity contribution is 5.92. The van der Waals surface area contributed by atoms with Crippen LogP contribution in [0.2, 0.25) is 0 Å². The second-order valence-corrected chi connectivity index (χ2v) is 6.60. The van der Waals surface area contributed by atoms with Crippen LogP contribution in [0.15, 0.2) is 75.7 Å². The summed E-state index contributed by atoms with van der Waals surface area (Å²) in [6, 6.07) is 18.8. The van der Waals surface area contributed by atoms with Crippen molar-refractivity contribution < 1.29 is 5.11 Å². The lowest BCUT2D eigenvalue weighted by atomic mass is 10.1. The summed E-state index contributed by atoms with van der Waals surface area (Å²) >= 11 is 0. The number of aromatic amines is 1. The molecule has 1 heterocycles. The summed E-state index contributed by atoms with van der Waals surface area (Å²) in [7, 11) is 0. The smallest absolute Gasteiger partial charge is 0.299 e. The molecule has 0 fully saturated rings. The molecule has 1 aromatic heterocycles. The lowest BCUT2D eigenvalue weighted by Gasteiger charge is -2.03. The Hall–Kier alpha value is -3.67. The molecule has 0 radical (unpaired) electrons. The molecule has 4 rings (SSSR count). The molecule has 28 heavy (non-hydrogen) atoms. The van der Waals surface area contributed by atoms with Gasteiger partial charge in [-0.3, -0.25) is 9.89 Å². The van der Waals surface area contributed by atoms with E-state index >= 15 is 0 Å². The van der Waals surface area contributed by atoms with Crippen LogP contribution in [-0.4, -0.2) is 14.9 Å². The molecular formula is C22H20N4O2. The number of aromatic nitrogens is 2. The number of aryl methyl sites for hydroxylation is 2. The zero-order valence-electron chi connectivity index (χ0n) is 15.7. The van der Waals surface area contributed by atoms with Gasteiger partial charge >= 0.3 is 0 Å². The first-order valence-electron chi connectivity index (χ1n) is 9.12. The highest BCUT2D eigenvalue weighted by Crippen LogP contribution is 2.35. The van der Waals surface area contributed by atoms with Gasteiger partial charge in [0.1, 0.15) is 5.69 Å². The number of hydrogen-bond acceptors (Lipinski definition) is 4. The van der Waals surface area contributed by atoms with Crippen LogP contribution in [0.25, 0.3) is 16.5 Å². The second kappa shape index (κ2) is 7.15. The molecule has 0 unspecified atom stereocenters. The van der Waals surface area contributed by atoms with Crippen LogP contribution in [-0.2, 0) is 6.42 Å². The molecule has 0 atom stereocenters. The van der Waals surface area contributed by atoms with E-state index in [9.17, 15) is 9.90 Å². The van der Waals surface area contributed by atoms with E-state index in [4.69, 9.17) is 0 Å². The molecule has 0 amide bonds.